The molecule has 1 heterocycles. The molecule has 2 aromatic rings. The summed E-state index contributed by atoms with van der Waals surface area (Å²) in [4.78, 5) is 17.9. The van der Waals surface area contributed by atoms with E-state index < -0.39 is 5.97 Å². The second-order valence-electron chi connectivity index (χ2n) is 4.32. The topological polar surface area (TPSA) is 62.7 Å². The van der Waals surface area contributed by atoms with Crippen molar-refractivity contribution < 1.29 is 14.6 Å². The fraction of sp³-hybridized carbons (Fsp3) is 0.286. The summed E-state index contributed by atoms with van der Waals surface area (Å²) in [6, 6.07) is 7.32. The number of aromatic nitrogens is 1. The molecule has 20 heavy (non-hydrogen) atoms. The normalized spacial score (nSPS) is 10.6. The van der Waals surface area contributed by atoms with Crippen molar-refractivity contribution >= 4 is 38.5 Å². The molecule has 1 aromatic heterocycles. The molecule has 0 unspecified atom stereocenters. The van der Waals surface area contributed by atoms with E-state index in [1.807, 2.05) is 30.1 Å². The third-order valence-electron chi connectivity index (χ3n) is 2.99. The zero-order valence-electron chi connectivity index (χ0n) is 11.3. The summed E-state index contributed by atoms with van der Waals surface area (Å²) in [6.45, 7) is 0.494. The minimum atomic E-state index is -0.478. The van der Waals surface area contributed by atoms with Crippen molar-refractivity contribution in [2.75, 3.05) is 32.2 Å². The molecule has 0 amide bonds. The molecule has 6 heteroatoms. The van der Waals surface area contributed by atoms with E-state index in [9.17, 15) is 4.79 Å². The number of carbonyl (C=O) groups excluding carboxylic acids is 1. The van der Waals surface area contributed by atoms with Crippen molar-refractivity contribution in [1.29, 1.82) is 0 Å². The monoisotopic (exact) mass is 338 g/mol. The van der Waals surface area contributed by atoms with Crippen LogP contribution in [0.2, 0.25) is 0 Å². The lowest BCUT2D eigenvalue weighted by Gasteiger charge is -2.20. The van der Waals surface area contributed by atoms with Gasteiger partial charge in [-0.05, 0) is 24.3 Å². The summed E-state index contributed by atoms with van der Waals surface area (Å²) >= 11 is 3.43. The van der Waals surface area contributed by atoms with E-state index in [-0.39, 0.29) is 12.3 Å². The molecule has 0 saturated carbocycles. The lowest BCUT2D eigenvalue weighted by atomic mass is 10.1. The van der Waals surface area contributed by atoms with Gasteiger partial charge in [-0.2, -0.15) is 0 Å². The van der Waals surface area contributed by atoms with Crippen molar-refractivity contribution in [2.24, 2.45) is 0 Å². The first-order chi connectivity index (χ1) is 9.56. The van der Waals surface area contributed by atoms with E-state index in [1.54, 1.807) is 6.07 Å². The molecule has 0 aliphatic heterocycles. The van der Waals surface area contributed by atoms with E-state index in [4.69, 9.17) is 9.84 Å². The third-order valence-corrected chi connectivity index (χ3v) is 3.48. The number of fused-ring (bicyclic) bond motifs is 1. The Bertz CT molecular complexity index is 646. The van der Waals surface area contributed by atoms with Crippen LogP contribution >= 0.6 is 15.9 Å². The SMILES string of the molecule is COC(=O)c1cc(N(C)CCO)c2cc(Br)ccc2n1. The van der Waals surface area contributed by atoms with Crippen LogP contribution in [0.25, 0.3) is 10.9 Å². The number of aliphatic hydroxyl groups is 1. The van der Waals surface area contributed by atoms with E-state index in [0.29, 0.717) is 12.1 Å². The lowest BCUT2D eigenvalue weighted by molar-refractivity contribution is 0.0594. The number of carbonyl (C=O) groups is 1. The number of esters is 1. The van der Waals surface area contributed by atoms with Gasteiger partial charge in [-0.3, -0.25) is 0 Å². The van der Waals surface area contributed by atoms with Crippen LogP contribution in [0, 0.1) is 0 Å². The van der Waals surface area contributed by atoms with E-state index >= 15 is 0 Å². The van der Waals surface area contributed by atoms with Gasteiger partial charge in [-0.25, -0.2) is 9.78 Å². The second-order valence-corrected chi connectivity index (χ2v) is 5.24. The summed E-state index contributed by atoms with van der Waals surface area (Å²) in [6.07, 6.45) is 0. The van der Waals surface area contributed by atoms with Crippen LogP contribution in [0.4, 0.5) is 5.69 Å². The first-order valence-corrected chi connectivity index (χ1v) is 6.86. The van der Waals surface area contributed by atoms with E-state index in [2.05, 4.69) is 20.9 Å². The largest absolute Gasteiger partial charge is 0.464 e. The molecule has 0 aliphatic rings. The highest BCUT2D eigenvalue weighted by atomic mass is 79.9. The molecule has 0 bridgehead atoms. The van der Waals surface area contributed by atoms with Crippen LogP contribution in [0.1, 0.15) is 10.5 Å². The molecule has 0 spiro atoms. The molecule has 0 radical (unpaired) electrons. The first-order valence-electron chi connectivity index (χ1n) is 6.07. The van der Waals surface area contributed by atoms with Gasteiger partial charge >= 0.3 is 5.97 Å². The van der Waals surface area contributed by atoms with Gasteiger partial charge < -0.3 is 14.7 Å². The molecular weight excluding hydrogens is 324 g/mol. The van der Waals surface area contributed by atoms with Gasteiger partial charge in [-0.15, -0.1) is 0 Å². The molecule has 5 nitrogen and oxygen atoms in total. The van der Waals surface area contributed by atoms with Gasteiger partial charge in [0, 0.05) is 29.1 Å². The Hall–Kier alpha value is -1.66. The summed E-state index contributed by atoms with van der Waals surface area (Å²) in [5.74, 6) is -0.478. The van der Waals surface area contributed by atoms with Gasteiger partial charge in [0.05, 0.1) is 19.2 Å². The van der Waals surface area contributed by atoms with Crippen LogP contribution in [-0.2, 0) is 4.74 Å². The minimum Gasteiger partial charge on any atom is -0.464 e. The van der Waals surface area contributed by atoms with Crippen LogP contribution in [-0.4, -0.2) is 43.4 Å². The highest BCUT2D eigenvalue weighted by Gasteiger charge is 2.14. The number of benzene rings is 1. The highest BCUT2D eigenvalue weighted by Crippen LogP contribution is 2.29. The van der Waals surface area contributed by atoms with Gasteiger partial charge in [0.15, 0.2) is 5.69 Å². The van der Waals surface area contributed by atoms with Crippen molar-refractivity contribution in [3.63, 3.8) is 0 Å². The number of hydrogen-bond donors (Lipinski definition) is 1. The smallest absolute Gasteiger partial charge is 0.356 e. The Kier molecular flexibility index (Phi) is 4.57. The Morgan fingerprint density at radius 1 is 1.45 bits per heavy atom. The first kappa shape index (κ1) is 14.7. The Labute approximate surface area is 125 Å². The van der Waals surface area contributed by atoms with E-state index in [0.717, 1.165) is 15.5 Å². The Balaban J connectivity index is 2.66. The number of aliphatic hydroxyl groups excluding tert-OH is 1. The number of likely N-dealkylation sites (N-methyl/N-ethyl adjacent to an activating group) is 1. The number of nitrogens with zero attached hydrogens (tertiary/aromatic N) is 2. The minimum absolute atomic E-state index is 0.0296. The summed E-state index contributed by atoms with van der Waals surface area (Å²) in [5.41, 5.74) is 1.78. The number of ether oxygens (including phenoxy) is 1. The fourth-order valence-corrected chi connectivity index (χ4v) is 2.34. The number of anilines is 1. The zero-order chi connectivity index (χ0) is 14.7. The van der Waals surface area contributed by atoms with Gasteiger partial charge in [0.25, 0.3) is 0 Å². The summed E-state index contributed by atoms with van der Waals surface area (Å²) in [5, 5.41) is 10.00. The standard InChI is InChI=1S/C14H15BrN2O3/c1-17(5-6-18)13-8-12(14(19)20-2)16-11-4-3-9(15)7-10(11)13/h3-4,7-8,18H,5-6H2,1-2H3. The van der Waals surface area contributed by atoms with Crippen molar-refractivity contribution in [3.05, 3.63) is 34.4 Å². The Morgan fingerprint density at radius 2 is 2.20 bits per heavy atom. The van der Waals surface area contributed by atoms with Crippen LogP contribution in [0.5, 0.6) is 0 Å². The third kappa shape index (κ3) is 2.91. The molecule has 0 saturated heterocycles. The number of hydrogen-bond acceptors (Lipinski definition) is 5. The van der Waals surface area contributed by atoms with Crippen LogP contribution < -0.4 is 4.90 Å². The Morgan fingerprint density at radius 3 is 2.85 bits per heavy atom. The lowest BCUT2D eigenvalue weighted by Crippen LogP contribution is -2.22. The molecule has 2 rings (SSSR count). The van der Waals surface area contributed by atoms with Gasteiger partial charge in [0.2, 0.25) is 0 Å². The van der Waals surface area contributed by atoms with Crippen LogP contribution in [0.15, 0.2) is 28.7 Å². The predicted octanol–water partition coefficient (Wildman–Crippen LogP) is 2.21. The van der Waals surface area contributed by atoms with Crippen molar-refractivity contribution in [3.8, 4) is 0 Å². The van der Waals surface area contributed by atoms with Crippen molar-refractivity contribution in [2.45, 2.75) is 0 Å². The summed E-state index contributed by atoms with van der Waals surface area (Å²) in [7, 11) is 3.18. The molecule has 0 atom stereocenters. The van der Waals surface area contributed by atoms with E-state index in [1.165, 1.54) is 7.11 Å². The molecule has 1 aromatic carbocycles. The summed E-state index contributed by atoms with van der Waals surface area (Å²) < 4.78 is 5.65. The highest BCUT2D eigenvalue weighted by molar-refractivity contribution is 9.10. The number of halogens is 1. The number of methoxy groups -OCH3 is 1. The predicted molar refractivity (Wildman–Crippen MR) is 81.1 cm³/mol. The fourth-order valence-electron chi connectivity index (χ4n) is 1.98. The zero-order valence-corrected chi connectivity index (χ0v) is 12.8. The maximum absolute atomic E-state index is 11.7. The molecule has 0 fully saturated rings. The quantitative estimate of drug-likeness (QED) is 0.866. The van der Waals surface area contributed by atoms with Crippen LogP contribution in [0.3, 0.4) is 0 Å². The van der Waals surface area contributed by atoms with Gasteiger partial charge in [-0.1, -0.05) is 15.9 Å². The number of rotatable bonds is 4. The molecule has 1 N–H and O–H groups in total. The number of pyridine rings is 1. The second kappa shape index (κ2) is 6.19. The maximum atomic E-state index is 11.7. The van der Waals surface area contributed by atoms with Gasteiger partial charge in [0.1, 0.15) is 0 Å². The molecular formula is C14H15BrN2O3. The average molecular weight is 339 g/mol. The molecule has 106 valence electrons. The maximum Gasteiger partial charge on any atom is 0.356 e. The molecule has 0 aliphatic carbocycles. The van der Waals surface area contributed by atoms with Crippen molar-refractivity contribution in [1.82, 2.24) is 4.98 Å². The average Bonchev–Trinajstić information content (AvgIpc) is 2.45.